The van der Waals surface area contributed by atoms with Crippen LogP contribution < -0.4 is 29.9 Å². The Morgan fingerprint density at radius 1 is 0.968 bits per heavy atom. The van der Waals surface area contributed by atoms with Gasteiger partial charge in [-0.3, -0.25) is 4.79 Å². The summed E-state index contributed by atoms with van der Waals surface area (Å²) < 4.78 is 26.6. The monoisotopic (exact) mass is 427 g/mol. The number of benzene rings is 2. The van der Waals surface area contributed by atoms with Crippen molar-refractivity contribution in [1.29, 1.82) is 0 Å². The zero-order chi connectivity index (χ0) is 22.5. The minimum Gasteiger partial charge on any atom is -0.497 e. The van der Waals surface area contributed by atoms with Gasteiger partial charge in [-0.2, -0.15) is 0 Å². The molecular weight excluding hydrogens is 402 g/mol. The molecule has 1 aromatic heterocycles. The SMILES string of the molecule is COc1ccc(CNC(=O)Cc2c(C)c3ccc(OC)c(OC)c3oc2=O)c(OC)c1. The summed E-state index contributed by atoms with van der Waals surface area (Å²) in [6.45, 7) is 2.02. The summed E-state index contributed by atoms with van der Waals surface area (Å²) in [5, 5.41) is 3.50. The van der Waals surface area contributed by atoms with E-state index in [0.717, 1.165) is 5.56 Å². The highest BCUT2D eigenvalue weighted by Gasteiger charge is 2.19. The third-order valence-electron chi connectivity index (χ3n) is 5.11. The number of aryl methyl sites for hydroxylation is 1. The molecule has 164 valence electrons. The van der Waals surface area contributed by atoms with Gasteiger partial charge in [0, 0.05) is 23.6 Å². The Morgan fingerprint density at radius 3 is 2.35 bits per heavy atom. The molecule has 1 N–H and O–H groups in total. The van der Waals surface area contributed by atoms with Crippen molar-refractivity contribution in [3.05, 3.63) is 57.4 Å². The molecule has 1 heterocycles. The first-order chi connectivity index (χ1) is 14.9. The standard InChI is InChI=1S/C23H25NO7/c1-13-16-8-9-18(28-3)22(30-5)21(16)31-23(26)17(13)11-20(25)24-12-14-6-7-15(27-2)10-19(14)29-4/h6-10H,11-12H2,1-5H3,(H,24,25). The van der Waals surface area contributed by atoms with E-state index in [1.54, 1.807) is 45.4 Å². The molecule has 0 aliphatic heterocycles. The zero-order valence-electron chi connectivity index (χ0n) is 18.2. The van der Waals surface area contributed by atoms with Crippen LogP contribution in [-0.4, -0.2) is 34.3 Å². The van der Waals surface area contributed by atoms with Gasteiger partial charge in [-0.05, 0) is 36.8 Å². The predicted molar refractivity (Wildman–Crippen MR) is 115 cm³/mol. The fourth-order valence-corrected chi connectivity index (χ4v) is 3.38. The van der Waals surface area contributed by atoms with Gasteiger partial charge in [0.25, 0.3) is 0 Å². The third kappa shape index (κ3) is 4.42. The Morgan fingerprint density at radius 2 is 1.71 bits per heavy atom. The highest BCUT2D eigenvalue weighted by molar-refractivity contribution is 5.89. The van der Waals surface area contributed by atoms with Crippen molar-refractivity contribution in [2.75, 3.05) is 28.4 Å². The van der Waals surface area contributed by atoms with Gasteiger partial charge in [0.15, 0.2) is 11.3 Å². The number of hydrogen-bond acceptors (Lipinski definition) is 7. The first-order valence-electron chi connectivity index (χ1n) is 9.58. The van der Waals surface area contributed by atoms with Gasteiger partial charge in [0.2, 0.25) is 11.7 Å². The largest absolute Gasteiger partial charge is 0.497 e. The van der Waals surface area contributed by atoms with Crippen LogP contribution in [0.5, 0.6) is 23.0 Å². The Hall–Kier alpha value is -3.68. The average molecular weight is 427 g/mol. The molecule has 0 saturated heterocycles. The molecule has 3 rings (SSSR count). The zero-order valence-corrected chi connectivity index (χ0v) is 18.2. The Balaban J connectivity index is 1.83. The Kier molecular flexibility index (Phi) is 6.69. The molecule has 8 nitrogen and oxygen atoms in total. The molecule has 0 atom stereocenters. The highest BCUT2D eigenvalue weighted by atomic mass is 16.5. The van der Waals surface area contributed by atoms with Crippen LogP contribution in [0.4, 0.5) is 0 Å². The summed E-state index contributed by atoms with van der Waals surface area (Å²) in [7, 11) is 6.10. The Bertz CT molecular complexity index is 1170. The summed E-state index contributed by atoms with van der Waals surface area (Å²) in [6.07, 6.45) is -0.114. The van der Waals surface area contributed by atoms with Gasteiger partial charge in [-0.15, -0.1) is 0 Å². The van der Waals surface area contributed by atoms with Crippen molar-refractivity contribution in [1.82, 2.24) is 5.32 Å². The lowest BCUT2D eigenvalue weighted by atomic mass is 10.0. The summed E-state index contributed by atoms with van der Waals surface area (Å²) in [4.78, 5) is 25.2. The van der Waals surface area contributed by atoms with Gasteiger partial charge in [0.05, 0.1) is 40.4 Å². The maximum absolute atomic E-state index is 12.6. The molecule has 2 aromatic carbocycles. The van der Waals surface area contributed by atoms with E-state index in [2.05, 4.69) is 5.32 Å². The van der Waals surface area contributed by atoms with Crippen molar-refractivity contribution >= 4 is 16.9 Å². The lowest BCUT2D eigenvalue weighted by molar-refractivity contribution is -0.120. The molecule has 31 heavy (non-hydrogen) atoms. The smallest absolute Gasteiger partial charge is 0.340 e. The van der Waals surface area contributed by atoms with Gasteiger partial charge < -0.3 is 28.7 Å². The fourth-order valence-electron chi connectivity index (χ4n) is 3.38. The molecule has 0 radical (unpaired) electrons. The van der Waals surface area contributed by atoms with Crippen LogP contribution in [0.15, 0.2) is 39.5 Å². The number of methoxy groups -OCH3 is 4. The highest BCUT2D eigenvalue weighted by Crippen LogP contribution is 2.36. The number of nitrogens with one attached hydrogen (secondary N) is 1. The molecule has 0 aliphatic carbocycles. The predicted octanol–water partition coefficient (Wildman–Crippen LogP) is 2.99. The lowest BCUT2D eigenvalue weighted by Gasteiger charge is -2.13. The second-order valence-electron chi connectivity index (χ2n) is 6.80. The van der Waals surface area contributed by atoms with Crippen LogP contribution in [0.3, 0.4) is 0 Å². The van der Waals surface area contributed by atoms with Crippen LogP contribution in [-0.2, 0) is 17.8 Å². The number of rotatable bonds is 8. The molecule has 3 aromatic rings. The molecular formula is C23H25NO7. The number of carbonyl (C=O) groups is 1. The van der Waals surface area contributed by atoms with Crippen molar-refractivity contribution in [2.45, 2.75) is 19.9 Å². The van der Waals surface area contributed by atoms with Crippen LogP contribution in [0.2, 0.25) is 0 Å². The van der Waals surface area contributed by atoms with Crippen LogP contribution in [0, 0.1) is 6.92 Å². The summed E-state index contributed by atoms with van der Waals surface area (Å²) >= 11 is 0. The maximum Gasteiger partial charge on any atom is 0.340 e. The van der Waals surface area contributed by atoms with Gasteiger partial charge in [-0.25, -0.2) is 4.79 Å². The van der Waals surface area contributed by atoms with E-state index in [4.69, 9.17) is 23.4 Å². The van der Waals surface area contributed by atoms with Crippen molar-refractivity contribution in [3.63, 3.8) is 0 Å². The van der Waals surface area contributed by atoms with Crippen molar-refractivity contribution in [3.8, 4) is 23.0 Å². The minimum absolute atomic E-state index is 0.114. The van der Waals surface area contributed by atoms with Crippen LogP contribution >= 0.6 is 0 Å². The van der Waals surface area contributed by atoms with E-state index in [1.807, 2.05) is 6.07 Å². The van der Waals surface area contributed by atoms with E-state index >= 15 is 0 Å². The summed E-state index contributed by atoms with van der Waals surface area (Å²) in [5.41, 5.74) is 1.43. The second-order valence-corrected chi connectivity index (χ2v) is 6.80. The quantitative estimate of drug-likeness (QED) is 0.552. The second kappa shape index (κ2) is 9.42. The lowest BCUT2D eigenvalue weighted by Crippen LogP contribution is -2.27. The van der Waals surface area contributed by atoms with Crippen LogP contribution in [0.25, 0.3) is 11.0 Å². The molecule has 0 unspecified atom stereocenters. The third-order valence-corrected chi connectivity index (χ3v) is 5.11. The summed E-state index contributed by atoms with van der Waals surface area (Å²) in [6, 6.07) is 8.85. The van der Waals surface area contributed by atoms with E-state index in [0.29, 0.717) is 39.5 Å². The fraction of sp³-hybridized carbons (Fsp3) is 0.304. The molecule has 0 spiro atoms. The van der Waals surface area contributed by atoms with Crippen LogP contribution in [0.1, 0.15) is 16.7 Å². The molecule has 1 amide bonds. The molecule has 0 aliphatic rings. The van der Waals surface area contributed by atoms with Gasteiger partial charge >= 0.3 is 5.63 Å². The Labute approximate surface area is 179 Å². The van der Waals surface area contributed by atoms with E-state index in [1.165, 1.54) is 14.2 Å². The van der Waals surface area contributed by atoms with Gasteiger partial charge in [-0.1, -0.05) is 0 Å². The number of carbonyl (C=O) groups excluding carboxylic acids is 1. The molecule has 0 bridgehead atoms. The van der Waals surface area contributed by atoms with Crippen molar-refractivity contribution < 1.29 is 28.2 Å². The summed E-state index contributed by atoms with van der Waals surface area (Å²) in [5.74, 6) is 1.73. The molecule has 0 fully saturated rings. The van der Waals surface area contributed by atoms with E-state index < -0.39 is 5.63 Å². The first kappa shape index (κ1) is 22.0. The van der Waals surface area contributed by atoms with E-state index in [9.17, 15) is 9.59 Å². The maximum atomic E-state index is 12.6. The average Bonchev–Trinajstić information content (AvgIpc) is 2.79. The first-order valence-corrected chi connectivity index (χ1v) is 9.58. The number of amides is 1. The number of ether oxygens (including phenoxy) is 4. The topological polar surface area (TPSA) is 96.2 Å². The van der Waals surface area contributed by atoms with E-state index in [-0.39, 0.29) is 24.5 Å². The molecule has 8 heteroatoms. The van der Waals surface area contributed by atoms with Crippen molar-refractivity contribution in [2.24, 2.45) is 0 Å². The number of fused-ring (bicyclic) bond motifs is 1. The number of hydrogen-bond donors (Lipinski definition) is 1. The normalized spacial score (nSPS) is 10.6. The minimum atomic E-state index is -0.589. The molecule has 0 saturated carbocycles. The van der Waals surface area contributed by atoms with Gasteiger partial charge in [0.1, 0.15) is 11.5 Å².